The van der Waals surface area contributed by atoms with Crippen molar-refractivity contribution in [3.05, 3.63) is 29.8 Å². The Morgan fingerprint density at radius 2 is 1.57 bits per heavy atom. The molecule has 112 valence electrons. The smallest absolute Gasteiger partial charge is 0.222 e. The number of Topliss-reactive ketones (excluding diaryl/α,β-unsaturated/α-hetero) is 3. The molecule has 1 aliphatic carbocycles. The molecule has 7 heteroatoms. The largest absolute Gasteiger partial charge is 0.297 e. The first-order chi connectivity index (χ1) is 9.67. The zero-order valence-corrected chi connectivity index (χ0v) is 12.8. The zero-order chi connectivity index (χ0) is 15.8. The standard InChI is InChI=1S/C14H13ClO5S/c1-21(19,20)10-7-5-9(6-8-10)13(18)14(15)11(16)3-2-4-12(14)17/h5-8H,2-4H2,1H3. The summed E-state index contributed by atoms with van der Waals surface area (Å²) in [4.78, 5) is 34.1. The van der Waals surface area contributed by atoms with E-state index in [1.54, 1.807) is 0 Å². The first-order valence-electron chi connectivity index (χ1n) is 6.28. The van der Waals surface area contributed by atoms with Crippen LogP contribution in [-0.2, 0) is 19.4 Å². The van der Waals surface area contributed by atoms with Gasteiger partial charge in [0.1, 0.15) is 0 Å². The molecule has 0 aliphatic heterocycles. The van der Waals surface area contributed by atoms with E-state index in [1.807, 2.05) is 0 Å². The first kappa shape index (κ1) is 15.9. The fourth-order valence-electron chi connectivity index (χ4n) is 2.22. The van der Waals surface area contributed by atoms with E-state index in [-0.39, 0.29) is 23.3 Å². The molecule has 0 atom stereocenters. The number of halogens is 1. The third-order valence-corrected chi connectivity index (χ3v) is 5.16. The summed E-state index contributed by atoms with van der Waals surface area (Å²) >= 11 is 6.02. The Hall–Kier alpha value is -1.53. The Bertz CT molecular complexity index is 702. The van der Waals surface area contributed by atoms with Gasteiger partial charge in [-0.25, -0.2) is 8.42 Å². The molecule has 1 aromatic carbocycles. The van der Waals surface area contributed by atoms with Gasteiger partial charge in [0.05, 0.1) is 4.90 Å². The van der Waals surface area contributed by atoms with E-state index < -0.39 is 32.1 Å². The molecule has 0 heterocycles. The number of hydrogen-bond acceptors (Lipinski definition) is 5. The third-order valence-electron chi connectivity index (χ3n) is 3.43. The Balaban J connectivity index is 2.40. The van der Waals surface area contributed by atoms with E-state index in [2.05, 4.69) is 0 Å². The van der Waals surface area contributed by atoms with E-state index >= 15 is 0 Å². The van der Waals surface area contributed by atoms with Gasteiger partial charge in [0.2, 0.25) is 4.87 Å². The summed E-state index contributed by atoms with van der Waals surface area (Å²) in [6.45, 7) is 0. The Kier molecular flexibility index (Phi) is 4.04. The van der Waals surface area contributed by atoms with Gasteiger partial charge in [0.15, 0.2) is 27.2 Å². The summed E-state index contributed by atoms with van der Waals surface area (Å²) in [5, 5.41) is 0. The summed E-state index contributed by atoms with van der Waals surface area (Å²) in [7, 11) is -3.39. The number of alkyl halides is 1. The van der Waals surface area contributed by atoms with Crippen LogP contribution in [0.5, 0.6) is 0 Å². The molecule has 0 amide bonds. The molecule has 1 fully saturated rings. The Labute approximate surface area is 127 Å². The molecule has 0 saturated heterocycles. The van der Waals surface area contributed by atoms with Crippen molar-refractivity contribution in [3.63, 3.8) is 0 Å². The van der Waals surface area contributed by atoms with Crippen molar-refractivity contribution in [1.82, 2.24) is 0 Å². The lowest BCUT2D eigenvalue weighted by Gasteiger charge is -2.26. The molecule has 0 N–H and O–H groups in total. The van der Waals surface area contributed by atoms with Gasteiger partial charge in [-0.15, -0.1) is 0 Å². The van der Waals surface area contributed by atoms with E-state index in [4.69, 9.17) is 11.6 Å². The highest BCUT2D eigenvalue weighted by molar-refractivity contribution is 7.90. The highest BCUT2D eigenvalue weighted by Crippen LogP contribution is 2.32. The van der Waals surface area contributed by atoms with Crippen molar-refractivity contribution in [3.8, 4) is 0 Å². The van der Waals surface area contributed by atoms with Crippen molar-refractivity contribution < 1.29 is 22.8 Å². The van der Waals surface area contributed by atoms with Crippen LogP contribution in [0.25, 0.3) is 0 Å². The second-order valence-corrected chi connectivity index (χ2v) is 7.57. The van der Waals surface area contributed by atoms with Crippen LogP contribution in [0.3, 0.4) is 0 Å². The summed E-state index contributed by atoms with van der Waals surface area (Å²) < 4.78 is 22.7. The van der Waals surface area contributed by atoms with Gasteiger partial charge in [-0.2, -0.15) is 0 Å². The monoisotopic (exact) mass is 328 g/mol. The summed E-state index contributed by atoms with van der Waals surface area (Å²) in [5.74, 6) is -1.99. The second kappa shape index (κ2) is 5.35. The van der Waals surface area contributed by atoms with Crippen molar-refractivity contribution in [2.24, 2.45) is 0 Å². The second-order valence-electron chi connectivity index (χ2n) is 4.98. The van der Waals surface area contributed by atoms with Gasteiger partial charge < -0.3 is 0 Å². The predicted molar refractivity (Wildman–Crippen MR) is 76.3 cm³/mol. The van der Waals surface area contributed by atoms with Gasteiger partial charge >= 0.3 is 0 Å². The van der Waals surface area contributed by atoms with E-state index in [9.17, 15) is 22.8 Å². The molecule has 1 aliphatic rings. The molecule has 0 unspecified atom stereocenters. The SMILES string of the molecule is CS(=O)(=O)c1ccc(C(=O)C2(Cl)C(=O)CCCC2=O)cc1. The van der Waals surface area contributed by atoms with Crippen molar-refractivity contribution in [2.75, 3.05) is 6.26 Å². The molecule has 21 heavy (non-hydrogen) atoms. The molecule has 0 spiro atoms. The Morgan fingerprint density at radius 1 is 1.10 bits per heavy atom. The zero-order valence-electron chi connectivity index (χ0n) is 11.3. The van der Waals surface area contributed by atoms with E-state index in [0.717, 1.165) is 6.26 Å². The lowest BCUT2D eigenvalue weighted by atomic mass is 9.81. The van der Waals surface area contributed by atoms with Gasteiger partial charge in [0, 0.05) is 24.7 Å². The highest BCUT2D eigenvalue weighted by Gasteiger charge is 2.51. The molecule has 0 radical (unpaired) electrons. The number of ketones is 3. The lowest BCUT2D eigenvalue weighted by molar-refractivity contribution is -0.131. The molecular formula is C14H13ClO5S. The minimum absolute atomic E-state index is 0.0426. The summed E-state index contributed by atoms with van der Waals surface area (Å²) in [6.07, 6.45) is 1.61. The minimum atomic E-state index is -3.39. The fraction of sp³-hybridized carbons (Fsp3) is 0.357. The van der Waals surface area contributed by atoms with Crippen LogP contribution in [0.4, 0.5) is 0 Å². The normalized spacial score (nSPS) is 18.6. The van der Waals surface area contributed by atoms with Crippen LogP contribution in [0.2, 0.25) is 0 Å². The lowest BCUT2D eigenvalue weighted by Crippen LogP contribution is -2.50. The number of benzene rings is 1. The summed E-state index contributed by atoms with van der Waals surface area (Å²) in [6, 6.07) is 5.03. The maximum Gasteiger partial charge on any atom is 0.222 e. The molecular weight excluding hydrogens is 316 g/mol. The topological polar surface area (TPSA) is 85.3 Å². The van der Waals surface area contributed by atoms with Crippen LogP contribution >= 0.6 is 11.6 Å². The number of rotatable bonds is 3. The van der Waals surface area contributed by atoms with Crippen molar-refractivity contribution in [1.29, 1.82) is 0 Å². The summed E-state index contributed by atoms with van der Waals surface area (Å²) in [5.41, 5.74) is 0.0426. The van der Waals surface area contributed by atoms with Gasteiger partial charge in [0.25, 0.3) is 0 Å². The molecule has 1 aromatic rings. The van der Waals surface area contributed by atoms with Crippen LogP contribution in [0, 0.1) is 0 Å². The molecule has 5 nitrogen and oxygen atoms in total. The average Bonchev–Trinajstić information content (AvgIpc) is 2.43. The quantitative estimate of drug-likeness (QED) is 0.477. The highest BCUT2D eigenvalue weighted by atomic mass is 35.5. The first-order valence-corrected chi connectivity index (χ1v) is 8.54. The molecule has 0 aromatic heterocycles. The number of carbonyl (C=O) groups excluding carboxylic acids is 3. The maximum atomic E-state index is 12.4. The van der Waals surface area contributed by atoms with Crippen LogP contribution in [0.15, 0.2) is 29.2 Å². The molecule has 1 saturated carbocycles. The molecule has 2 rings (SSSR count). The van der Waals surface area contributed by atoms with Crippen LogP contribution in [0.1, 0.15) is 29.6 Å². The Morgan fingerprint density at radius 3 is 2.00 bits per heavy atom. The van der Waals surface area contributed by atoms with Gasteiger partial charge in [-0.05, 0) is 18.6 Å². The predicted octanol–water partition coefficient (Wildman–Crippen LogP) is 1.57. The minimum Gasteiger partial charge on any atom is -0.297 e. The molecule has 0 bridgehead atoms. The number of hydrogen-bond donors (Lipinski definition) is 0. The fourth-order valence-corrected chi connectivity index (χ4v) is 3.14. The van der Waals surface area contributed by atoms with Crippen LogP contribution in [-0.4, -0.2) is 36.9 Å². The third kappa shape index (κ3) is 2.78. The maximum absolute atomic E-state index is 12.4. The van der Waals surface area contributed by atoms with Crippen LogP contribution < -0.4 is 0 Å². The van der Waals surface area contributed by atoms with Crippen molar-refractivity contribution in [2.45, 2.75) is 29.0 Å². The number of carbonyl (C=O) groups is 3. The van der Waals surface area contributed by atoms with Gasteiger partial charge in [-0.1, -0.05) is 23.7 Å². The number of sulfone groups is 1. The van der Waals surface area contributed by atoms with Gasteiger partial charge in [-0.3, -0.25) is 14.4 Å². The van der Waals surface area contributed by atoms with E-state index in [1.165, 1.54) is 24.3 Å². The van der Waals surface area contributed by atoms with E-state index in [0.29, 0.717) is 6.42 Å². The van der Waals surface area contributed by atoms with Crippen molar-refractivity contribution >= 4 is 38.8 Å². The average molecular weight is 329 g/mol.